The number of nitrogens with zero attached hydrogens (tertiary/aromatic N) is 1. The summed E-state index contributed by atoms with van der Waals surface area (Å²) >= 11 is 0. The molecule has 0 spiro atoms. The van der Waals surface area contributed by atoms with E-state index in [0.29, 0.717) is 18.7 Å². The van der Waals surface area contributed by atoms with Gasteiger partial charge in [-0.1, -0.05) is 12.8 Å². The van der Waals surface area contributed by atoms with Gasteiger partial charge in [0.1, 0.15) is 12.4 Å². The lowest BCUT2D eigenvalue weighted by Gasteiger charge is -2.39. The summed E-state index contributed by atoms with van der Waals surface area (Å²) in [5.74, 6) is 2.15. The number of esters is 1. The Kier molecular flexibility index (Phi) is 6.68. The first-order valence-electron chi connectivity index (χ1n) is 8.71. The fourth-order valence-electron chi connectivity index (χ4n) is 3.20. The van der Waals surface area contributed by atoms with Crippen molar-refractivity contribution in [3.63, 3.8) is 0 Å². The molecule has 1 aromatic rings. The summed E-state index contributed by atoms with van der Waals surface area (Å²) in [5, 5.41) is 0. The van der Waals surface area contributed by atoms with E-state index in [0.717, 1.165) is 6.54 Å². The molecule has 2 rings (SSSR count). The summed E-state index contributed by atoms with van der Waals surface area (Å²) in [6.45, 7) is 5.45. The summed E-state index contributed by atoms with van der Waals surface area (Å²) in [7, 11) is -3.94. The lowest BCUT2D eigenvalue weighted by atomic mass is 9.97. The number of carbonyl (C=O) groups is 1. The molecule has 0 amide bonds. The number of ether oxygens (including phenoxy) is 2. The van der Waals surface area contributed by atoms with Gasteiger partial charge in [-0.3, -0.25) is 4.79 Å². The first-order chi connectivity index (χ1) is 12.4. The second-order valence-electron chi connectivity index (χ2n) is 6.15. The maximum Gasteiger partial charge on any atom is 0.329 e. The minimum absolute atomic E-state index is 0.0802. The smallest absolute Gasteiger partial charge is 0.329 e. The van der Waals surface area contributed by atoms with Crippen LogP contribution in [-0.4, -0.2) is 56.9 Å². The normalized spacial score (nSPS) is 21.0. The van der Waals surface area contributed by atoms with Gasteiger partial charge in [0.25, 0.3) is 0 Å². The summed E-state index contributed by atoms with van der Waals surface area (Å²) in [4.78, 5) is 14.8. The van der Waals surface area contributed by atoms with E-state index in [-0.39, 0.29) is 31.1 Å². The second kappa shape index (κ2) is 8.56. The van der Waals surface area contributed by atoms with Gasteiger partial charge in [0.05, 0.1) is 11.5 Å². The second-order valence-corrected chi connectivity index (χ2v) is 8.41. The number of sulfone groups is 1. The highest BCUT2D eigenvalue weighted by molar-refractivity contribution is 7.93. The summed E-state index contributed by atoms with van der Waals surface area (Å²) < 4.78 is 35.7. The molecule has 0 bridgehead atoms. The van der Waals surface area contributed by atoms with Crippen molar-refractivity contribution in [1.82, 2.24) is 4.90 Å². The lowest BCUT2D eigenvalue weighted by molar-refractivity contribution is -0.148. The van der Waals surface area contributed by atoms with Gasteiger partial charge in [0, 0.05) is 6.54 Å². The maximum absolute atomic E-state index is 13.4. The molecule has 1 saturated heterocycles. The molecule has 142 valence electrons. The Hall–Kier alpha value is -2.04. The predicted octanol–water partition coefficient (Wildman–Crippen LogP) is 1.89. The van der Waals surface area contributed by atoms with Crippen LogP contribution in [0.25, 0.3) is 0 Å². The average molecular weight is 379 g/mol. The fourth-order valence-corrected chi connectivity index (χ4v) is 5.19. The topological polar surface area (TPSA) is 72.9 Å². The molecule has 1 aliphatic heterocycles. The van der Waals surface area contributed by atoms with E-state index in [1.807, 2.05) is 11.8 Å². The Morgan fingerprint density at radius 3 is 2.58 bits per heavy atom. The van der Waals surface area contributed by atoms with Crippen molar-refractivity contribution >= 4 is 15.8 Å². The predicted molar refractivity (Wildman–Crippen MR) is 98.7 cm³/mol. The molecule has 1 aromatic carbocycles. The number of benzene rings is 1. The number of piperidine rings is 1. The fraction of sp³-hybridized carbons (Fsp3) is 0.526. The van der Waals surface area contributed by atoms with E-state index in [1.165, 1.54) is 12.1 Å². The van der Waals surface area contributed by atoms with E-state index >= 15 is 0 Å². The molecule has 6 nitrogen and oxygen atoms in total. The molecule has 1 fully saturated rings. The third kappa shape index (κ3) is 3.87. The zero-order valence-corrected chi connectivity index (χ0v) is 16.0. The highest BCUT2D eigenvalue weighted by Crippen LogP contribution is 2.36. The monoisotopic (exact) mass is 379 g/mol. The van der Waals surface area contributed by atoms with Crippen LogP contribution in [0.1, 0.15) is 26.7 Å². The largest absolute Gasteiger partial charge is 0.481 e. The van der Waals surface area contributed by atoms with Crippen LogP contribution in [0.4, 0.5) is 0 Å². The van der Waals surface area contributed by atoms with Crippen molar-refractivity contribution in [3.8, 4) is 18.1 Å². The van der Waals surface area contributed by atoms with E-state index in [2.05, 4.69) is 5.92 Å². The minimum Gasteiger partial charge on any atom is -0.481 e. The number of carbonyl (C=O) groups excluding carboxylic acids is 1. The molecule has 0 saturated carbocycles. The number of terminal acetylenes is 1. The highest BCUT2D eigenvalue weighted by Gasteiger charge is 2.54. The van der Waals surface area contributed by atoms with Gasteiger partial charge < -0.3 is 14.4 Å². The van der Waals surface area contributed by atoms with E-state index < -0.39 is 20.6 Å². The van der Waals surface area contributed by atoms with Crippen molar-refractivity contribution in [2.45, 2.75) is 36.3 Å². The first-order valence-corrected chi connectivity index (χ1v) is 10.2. The number of likely N-dealkylation sites (tertiary alicyclic amines) is 1. The molecule has 0 aromatic heterocycles. The van der Waals surface area contributed by atoms with E-state index in [9.17, 15) is 13.2 Å². The molecule has 0 N–H and O–H groups in total. The standard InChI is InChI=1S/C19H25NO5S/c1-4-14-25-16-8-10-17(11-9-16)26(22,23)19(18(21)24-6-3)12-7-13-20(5-2)15-19/h1,8-11H,5-7,12-15H2,2-3H3. The number of rotatable bonds is 7. The van der Waals surface area contributed by atoms with Gasteiger partial charge in [-0.25, -0.2) is 8.42 Å². The quantitative estimate of drug-likeness (QED) is 0.532. The zero-order valence-electron chi connectivity index (χ0n) is 15.2. The molecule has 1 atom stereocenters. The lowest BCUT2D eigenvalue weighted by Crippen LogP contribution is -2.58. The molecule has 1 unspecified atom stereocenters. The van der Waals surface area contributed by atoms with Crippen LogP contribution in [0.5, 0.6) is 5.75 Å². The van der Waals surface area contributed by atoms with Gasteiger partial charge >= 0.3 is 5.97 Å². The van der Waals surface area contributed by atoms with Crippen molar-refractivity contribution in [2.75, 3.05) is 32.8 Å². The van der Waals surface area contributed by atoms with Crippen LogP contribution < -0.4 is 4.74 Å². The molecule has 0 radical (unpaired) electrons. The van der Waals surface area contributed by atoms with Gasteiger partial charge in [0.15, 0.2) is 14.6 Å². The van der Waals surface area contributed by atoms with Crippen LogP contribution in [0, 0.1) is 12.3 Å². The third-order valence-corrected chi connectivity index (χ3v) is 7.02. The first kappa shape index (κ1) is 20.3. The molecular formula is C19H25NO5S. The maximum atomic E-state index is 13.4. The molecular weight excluding hydrogens is 354 g/mol. The van der Waals surface area contributed by atoms with Crippen LogP contribution in [0.3, 0.4) is 0 Å². The third-order valence-electron chi connectivity index (χ3n) is 4.60. The van der Waals surface area contributed by atoms with Gasteiger partial charge in [-0.05, 0) is 57.1 Å². The Balaban J connectivity index is 2.42. The van der Waals surface area contributed by atoms with Crippen LogP contribution >= 0.6 is 0 Å². The molecule has 26 heavy (non-hydrogen) atoms. The van der Waals surface area contributed by atoms with Crippen molar-refractivity contribution in [1.29, 1.82) is 0 Å². The van der Waals surface area contributed by atoms with Gasteiger partial charge in [-0.15, -0.1) is 6.42 Å². The van der Waals surface area contributed by atoms with Crippen LogP contribution in [0.2, 0.25) is 0 Å². The van der Waals surface area contributed by atoms with Crippen molar-refractivity contribution in [2.24, 2.45) is 0 Å². The Bertz CT molecular complexity index is 766. The minimum atomic E-state index is -3.94. The van der Waals surface area contributed by atoms with Gasteiger partial charge in [0.2, 0.25) is 0 Å². The van der Waals surface area contributed by atoms with Crippen LogP contribution in [-0.2, 0) is 19.4 Å². The van der Waals surface area contributed by atoms with Gasteiger partial charge in [-0.2, -0.15) is 0 Å². The Labute approximate surface area is 155 Å². The average Bonchev–Trinajstić information content (AvgIpc) is 2.66. The van der Waals surface area contributed by atoms with Crippen molar-refractivity contribution in [3.05, 3.63) is 24.3 Å². The molecule has 1 aliphatic rings. The SMILES string of the molecule is C#CCOc1ccc(S(=O)(=O)C2(C(=O)OCC)CCCN(CC)C2)cc1. The summed E-state index contributed by atoms with van der Waals surface area (Å²) in [6.07, 6.45) is 6.02. The van der Waals surface area contributed by atoms with E-state index in [4.69, 9.17) is 15.9 Å². The zero-order chi connectivity index (χ0) is 19.2. The molecule has 0 aliphatic carbocycles. The molecule has 1 heterocycles. The summed E-state index contributed by atoms with van der Waals surface area (Å²) in [5.41, 5.74) is 0. The number of hydrogen-bond donors (Lipinski definition) is 0. The van der Waals surface area contributed by atoms with Crippen molar-refractivity contribution < 1.29 is 22.7 Å². The highest BCUT2D eigenvalue weighted by atomic mass is 32.2. The molecule has 7 heteroatoms. The Morgan fingerprint density at radius 1 is 1.31 bits per heavy atom. The number of hydrogen-bond acceptors (Lipinski definition) is 6. The Morgan fingerprint density at radius 2 is 2.00 bits per heavy atom. The summed E-state index contributed by atoms with van der Waals surface area (Å²) in [6, 6.07) is 5.99. The van der Waals surface area contributed by atoms with E-state index in [1.54, 1.807) is 19.1 Å². The van der Waals surface area contributed by atoms with Crippen LogP contribution in [0.15, 0.2) is 29.2 Å².